The van der Waals surface area contributed by atoms with Gasteiger partial charge in [0, 0.05) is 24.2 Å². The molecule has 9 nitrogen and oxygen atoms in total. The summed E-state index contributed by atoms with van der Waals surface area (Å²) in [7, 11) is 0. The highest BCUT2D eigenvalue weighted by Gasteiger charge is 2.28. The van der Waals surface area contributed by atoms with Crippen LogP contribution in [0.4, 0.5) is 17.2 Å². The van der Waals surface area contributed by atoms with Gasteiger partial charge in [-0.25, -0.2) is 4.98 Å². The highest BCUT2D eigenvalue weighted by atomic mass is 16.6. The maximum atomic E-state index is 12.1. The number of imidazole rings is 1. The Bertz CT molecular complexity index is 1560. The van der Waals surface area contributed by atoms with E-state index in [9.17, 15) is 20.6 Å². The number of hydrogen-bond acceptors (Lipinski definition) is 7. The standard InChI is InChI=1S/C25H21N7O2/c1-15-6-4-5-11-30(15)21-10-9-16(12-22(21)32(33)34)23-17(13-26)24(28)31-20-8-3-2-7-19(20)29-25(31)18(23)14-27/h2-3,7-10,12,15H,4-6,11,28H2,1H3/t15-/m1/s1. The summed E-state index contributed by atoms with van der Waals surface area (Å²) in [6.45, 7) is 2.81. The quantitative estimate of drug-likeness (QED) is 0.350. The summed E-state index contributed by atoms with van der Waals surface area (Å²) in [6, 6.07) is 16.6. The summed E-state index contributed by atoms with van der Waals surface area (Å²) in [5.41, 5.74) is 9.38. The van der Waals surface area contributed by atoms with E-state index in [1.54, 1.807) is 22.6 Å². The lowest BCUT2D eigenvalue weighted by molar-refractivity contribution is -0.384. The summed E-state index contributed by atoms with van der Waals surface area (Å²) >= 11 is 0. The van der Waals surface area contributed by atoms with E-state index < -0.39 is 4.92 Å². The van der Waals surface area contributed by atoms with Gasteiger partial charge in [0.1, 0.15) is 34.8 Å². The zero-order chi connectivity index (χ0) is 24.0. The van der Waals surface area contributed by atoms with E-state index in [0.29, 0.717) is 27.9 Å². The molecule has 0 spiro atoms. The normalized spacial score (nSPS) is 15.9. The molecule has 0 amide bonds. The minimum Gasteiger partial charge on any atom is -0.384 e. The van der Waals surface area contributed by atoms with Crippen molar-refractivity contribution in [3.63, 3.8) is 0 Å². The SMILES string of the molecule is C[C@@H]1CCCCN1c1ccc(-c2c(C#N)c(N)n3c(nc4ccccc43)c2C#N)cc1[N+](=O)[O-]. The van der Waals surface area contributed by atoms with E-state index in [4.69, 9.17) is 5.73 Å². The summed E-state index contributed by atoms with van der Waals surface area (Å²) in [5.74, 6) is 0.136. The first-order chi connectivity index (χ1) is 16.5. The van der Waals surface area contributed by atoms with Crippen molar-refractivity contribution in [3.8, 4) is 23.3 Å². The molecule has 2 N–H and O–H groups in total. The number of nitro benzene ring substituents is 1. The number of para-hydroxylation sites is 2. The highest BCUT2D eigenvalue weighted by Crippen LogP contribution is 2.40. The first-order valence-electron chi connectivity index (χ1n) is 11.0. The molecule has 1 aliphatic heterocycles. The van der Waals surface area contributed by atoms with Crippen LogP contribution in [0.15, 0.2) is 42.5 Å². The van der Waals surface area contributed by atoms with E-state index in [-0.39, 0.29) is 34.2 Å². The van der Waals surface area contributed by atoms with Crippen LogP contribution in [-0.2, 0) is 0 Å². The third-order valence-corrected chi connectivity index (χ3v) is 6.58. The molecule has 9 heteroatoms. The van der Waals surface area contributed by atoms with Crippen molar-refractivity contribution < 1.29 is 4.92 Å². The molecule has 2 aromatic carbocycles. The zero-order valence-corrected chi connectivity index (χ0v) is 18.5. The first kappa shape index (κ1) is 21.2. The van der Waals surface area contributed by atoms with Crippen molar-refractivity contribution in [1.82, 2.24) is 9.38 Å². The Morgan fingerprint density at radius 3 is 2.62 bits per heavy atom. The van der Waals surface area contributed by atoms with Gasteiger partial charge < -0.3 is 10.6 Å². The van der Waals surface area contributed by atoms with E-state index in [1.165, 1.54) is 6.07 Å². The molecule has 0 aliphatic carbocycles. The molecular formula is C25H21N7O2. The number of piperidine rings is 1. The minimum absolute atomic E-state index is 0.0639. The van der Waals surface area contributed by atoms with Crippen LogP contribution in [0, 0.1) is 32.8 Å². The van der Waals surface area contributed by atoms with Crippen molar-refractivity contribution in [2.24, 2.45) is 0 Å². The van der Waals surface area contributed by atoms with Crippen LogP contribution in [0.1, 0.15) is 37.3 Å². The van der Waals surface area contributed by atoms with Gasteiger partial charge in [-0.1, -0.05) is 18.2 Å². The number of nitrogens with zero attached hydrogens (tertiary/aromatic N) is 6. The van der Waals surface area contributed by atoms with Gasteiger partial charge >= 0.3 is 0 Å². The van der Waals surface area contributed by atoms with Gasteiger partial charge in [0.25, 0.3) is 5.69 Å². The number of benzene rings is 2. The lowest BCUT2D eigenvalue weighted by Crippen LogP contribution is -2.37. The molecule has 1 aliphatic rings. The third kappa shape index (κ3) is 3.10. The number of nitriles is 2. The molecule has 0 radical (unpaired) electrons. The first-order valence-corrected chi connectivity index (χ1v) is 11.0. The Balaban J connectivity index is 1.80. The fraction of sp³-hybridized carbons (Fsp3) is 0.240. The molecule has 34 heavy (non-hydrogen) atoms. The Labute approximate surface area is 195 Å². The maximum Gasteiger partial charge on any atom is 0.293 e. The predicted molar refractivity (Wildman–Crippen MR) is 129 cm³/mol. The van der Waals surface area contributed by atoms with Crippen molar-refractivity contribution in [3.05, 3.63) is 63.7 Å². The molecule has 168 valence electrons. The molecule has 1 atom stereocenters. The van der Waals surface area contributed by atoms with Crippen LogP contribution in [0.5, 0.6) is 0 Å². The van der Waals surface area contributed by atoms with Gasteiger partial charge in [-0.3, -0.25) is 14.5 Å². The second-order valence-corrected chi connectivity index (χ2v) is 8.49. The average molecular weight is 451 g/mol. The topological polar surface area (TPSA) is 137 Å². The summed E-state index contributed by atoms with van der Waals surface area (Å²) in [5, 5.41) is 32.2. The number of anilines is 2. The van der Waals surface area contributed by atoms with Crippen molar-refractivity contribution >= 4 is 33.9 Å². The number of hydrogen-bond donors (Lipinski definition) is 1. The monoisotopic (exact) mass is 451 g/mol. The van der Waals surface area contributed by atoms with Crippen LogP contribution in [-0.4, -0.2) is 26.9 Å². The zero-order valence-electron chi connectivity index (χ0n) is 18.5. The Morgan fingerprint density at radius 2 is 1.91 bits per heavy atom. The fourth-order valence-corrected chi connectivity index (χ4v) is 4.95. The van der Waals surface area contributed by atoms with Crippen LogP contribution in [0.25, 0.3) is 27.8 Å². The van der Waals surface area contributed by atoms with Crippen LogP contribution < -0.4 is 10.6 Å². The Kier molecular flexibility index (Phi) is 5.03. The second kappa shape index (κ2) is 8.05. The molecule has 3 heterocycles. The van der Waals surface area contributed by atoms with Crippen LogP contribution in [0.2, 0.25) is 0 Å². The largest absolute Gasteiger partial charge is 0.384 e. The van der Waals surface area contributed by atoms with Gasteiger partial charge in [-0.15, -0.1) is 0 Å². The van der Waals surface area contributed by atoms with Crippen LogP contribution >= 0.6 is 0 Å². The fourth-order valence-electron chi connectivity index (χ4n) is 4.95. The number of nitrogens with two attached hydrogens (primary N) is 1. The van der Waals surface area contributed by atoms with Crippen molar-refractivity contribution in [2.45, 2.75) is 32.2 Å². The lowest BCUT2D eigenvalue weighted by atomic mass is 9.94. The van der Waals surface area contributed by atoms with E-state index in [2.05, 4.69) is 28.9 Å². The molecular weight excluding hydrogens is 430 g/mol. The second-order valence-electron chi connectivity index (χ2n) is 8.49. The number of nitro groups is 1. The van der Waals surface area contributed by atoms with Gasteiger partial charge in [-0.05, 0) is 49.9 Å². The molecule has 2 aromatic heterocycles. The average Bonchev–Trinajstić information content (AvgIpc) is 3.23. The van der Waals surface area contributed by atoms with E-state index >= 15 is 0 Å². The molecule has 0 saturated carbocycles. The van der Waals surface area contributed by atoms with E-state index in [0.717, 1.165) is 25.8 Å². The van der Waals surface area contributed by atoms with Crippen molar-refractivity contribution in [2.75, 3.05) is 17.2 Å². The number of fused-ring (bicyclic) bond motifs is 3. The Hall–Kier alpha value is -4.63. The maximum absolute atomic E-state index is 12.1. The minimum atomic E-state index is -0.413. The smallest absolute Gasteiger partial charge is 0.293 e. The number of nitrogen functional groups attached to an aromatic ring is 1. The lowest BCUT2D eigenvalue weighted by Gasteiger charge is -2.35. The molecule has 1 fully saturated rings. The third-order valence-electron chi connectivity index (χ3n) is 6.58. The van der Waals surface area contributed by atoms with Gasteiger partial charge in [0.15, 0.2) is 5.65 Å². The van der Waals surface area contributed by atoms with E-state index in [1.807, 2.05) is 18.2 Å². The summed E-state index contributed by atoms with van der Waals surface area (Å²) in [4.78, 5) is 18.3. The molecule has 5 rings (SSSR count). The summed E-state index contributed by atoms with van der Waals surface area (Å²) < 4.78 is 1.59. The molecule has 0 bridgehead atoms. The number of rotatable bonds is 3. The van der Waals surface area contributed by atoms with Crippen LogP contribution in [0.3, 0.4) is 0 Å². The summed E-state index contributed by atoms with van der Waals surface area (Å²) in [6.07, 6.45) is 3.04. The van der Waals surface area contributed by atoms with Gasteiger partial charge in [0.2, 0.25) is 0 Å². The van der Waals surface area contributed by atoms with Gasteiger partial charge in [-0.2, -0.15) is 10.5 Å². The Morgan fingerprint density at radius 1 is 1.15 bits per heavy atom. The predicted octanol–water partition coefficient (Wildman–Crippen LogP) is 4.77. The number of aromatic nitrogens is 2. The number of pyridine rings is 1. The molecule has 4 aromatic rings. The molecule has 0 unspecified atom stereocenters. The highest BCUT2D eigenvalue weighted by molar-refractivity contribution is 5.93. The van der Waals surface area contributed by atoms with Crippen molar-refractivity contribution in [1.29, 1.82) is 10.5 Å². The molecule has 1 saturated heterocycles. The van der Waals surface area contributed by atoms with Gasteiger partial charge in [0.05, 0.1) is 16.0 Å².